The van der Waals surface area contributed by atoms with Gasteiger partial charge in [-0.05, 0) is 90.0 Å². The van der Waals surface area contributed by atoms with Crippen molar-refractivity contribution in [3.63, 3.8) is 0 Å². The molecule has 24 nitrogen and oxygen atoms in total. The van der Waals surface area contributed by atoms with Crippen LogP contribution in [0.5, 0.6) is 0 Å². The normalized spacial score (nSPS) is 10.8. The van der Waals surface area contributed by atoms with Gasteiger partial charge < -0.3 is 34.4 Å². The van der Waals surface area contributed by atoms with Crippen LogP contribution in [0.1, 0.15) is 71.9 Å². The highest BCUT2D eigenvalue weighted by Crippen LogP contribution is 2.25. The molecule has 0 amide bonds. The van der Waals surface area contributed by atoms with Gasteiger partial charge in [-0.3, -0.25) is 47.0 Å². The molecule has 7 aromatic rings. The molecule has 77 heavy (non-hydrogen) atoms. The second kappa shape index (κ2) is 29.3. The lowest BCUT2D eigenvalue weighted by molar-refractivity contribution is 0.111. The summed E-state index contributed by atoms with van der Waals surface area (Å²) >= 11 is 1.20. The first kappa shape index (κ1) is 64.3. The maximum Gasteiger partial charge on any atom is 0.296 e. The number of thiophene rings is 1. The Kier molecular flexibility index (Phi) is 24.5. The molecule has 0 aliphatic rings. The lowest BCUT2D eigenvalue weighted by Gasteiger charge is -2.06. The van der Waals surface area contributed by atoms with Crippen LogP contribution in [-0.2, 0) is 40.5 Å². The third kappa shape index (κ3) is 22.3. The molecule has 16 N–H and O–H groups in total. The van der Waals surface area contributed by atoms with Crippen molar-refractivity contribution in [2.45, 2.75) is 19.6 Å². The van der Waals surface area contributed by atoms with Crippen LogP contribution in [0.15, 0.2) is 153 Å². The van der Waals surface area contributed by atoms with Crippen molar-refractivity contribution in [2.24, 2.45) is 0 Å². The number of carbonyl (C=O) groups is 6. The summed E-state index contributed by atoms with van der Waals surface area (Å²) in [6, 6.07) is 31.5. The number of carbonyl (C=O) groups excluding carboxylic acids is 6. The maximum absolute atomic E-state index is 11.4. The molecule has 29 heteroatoms. The maximum atomic E-state index is 11.4. The van der Waals surface area contributed by atoms with Crippen LogP contribution in [0, 0.1) is 0 Å². The lowest BCUT2D eigenvalue weighted by atomic mass is 10.1. The highest BCUT2D eigenvalue weighted by molar-refractivity contribution is 7.86. The Morgan fingerprint density at radius 1 is 0.325 bits per heavy atom. The number of rotatable bonds is 12. The van der Waals surface area contributed by atoms with E-state index in [0.29, 0.717) is 50.3 Å². The first-order valence-corrected chi connectivity index (χ1v) is 27.2. The molecular weight excluding hydrogens is 1110 g/mol. The SMILES string of the molecule is Nc1ccc(/C=C/c2ccc(N)cc2S(=O)(=O)O)c(S(=O)(=O)O)c1.Nc1ccc(N)c(S(=O)(=O)O)c1.Nc1ccc(S(=O)(=O)O)c(N)c1.O=Cc1ccc(C=O)cc1.O=Cc1ccc(C=O)s1.O=Cc1cccc(C=O)c1. The summed E-state index contributed by atoms with van der Waals surface area (Å²) in [5.74, 6) is 0. The summed E-state index contributed by atoms with van der Waals surface area (Å²) in [5.41, 5.74) is 35.4. The van der Waals surface area contributed by atoms with Crippen LogP contribution in [0.2, 0.25) is 0 Å². The summed E-state index contributed by atoms with van der Waals surface area (Å²) < 4.78 is 124. The van der Waals surface area contributed by atoms with E-state index < -0.39 is 50.3 Å². The van der Waals surface area contributed by atoms with Crippen LogP contribution < -0.4 is 34.4 Å². The first-order valence-electron chi connectivity index (χ1n) is 20.6. The Morgan fingerprint density at radius 3 is 0.974 bits per heavy atom. The molecule has 0 aliphatic heterocycles. The van der Waals surface area contributed by atoms with Gasteiger partial charge in [0.25, 0.3) is 40.5 Å². The van der Waals surface area contributed by atoms with E-state index in [-0.39, 0.29) is 49.4 Å². The zero-order valence-corrected chi connectivity index (χ0v) is 43.4. The fourth-order valence-electron chi connectivity index (χ4n) is 5.43. The molecule has 1 heterocycles. The predicted molar refractivity (Wildman–Crippen MR) is 290 cm³/mol. The molecule has 0 atom stereocenters. The summed E-state index contributed by atoms with van der Waals surface area (Å²) in [5, 5.41) is 0. The van der Waals surface area contributed by atoms with Crippen molar-refractivity contribution >= 4 is 136 Å². The Bertz CT molecular complexity index is 3580. The van der Waals surface area contributed by atoms with E-state index in [1.165, 1.54) is 72.0 Å². The molecule has 6 aromatic carbocycles. The van der Waals surface area contributed by atoms with Crippen LogP contribution in [0.25, 0.3) is 12.2 Å². The van der Waals surface area contributed by atoms with E-state index in [9.17, 15) is 71.5 Å². The second-order valence-corrected chi connectivity index (χ2v) is 21.4. The summed E-state index contributed by atoms with van der Waals surface area (Å²) in [7, 11) is -17.5. The largest absolute Gasteiger partial charge is 0.399 e. The highest BCUT2D eigenvalue weighted by Gasteiger charge is 2.17. The van der Waals surface area contributed by atoms with Gasteiger partial charge >= 0.3 is 0 Å². The number of benzene rings is 6. The highest BCUT2D eigenvalue weighted by atomic mass is 32.2. The third-order valence-corrected chi connectivity index (χ3v) is 13.6. The Hall–Kier alpha value is -8.78. The minimum atomic E-state index is -4.52. The Balaban J connectivity index is 0.000000331. The average molecular weight is 1160 g/mol. The molecule has 0 fully saturated rings. The summed E-state index contributed by atoms with van der Waals surface area (Å²) in [6.45, 7) is 0. The molecule has 0 spiro atoms. The molecule has 0 bridgehead atoms. The van der Waals surface area contributed by atoms with Crippen molar-refractivity contribution in [3.05, 3.63) is 177 Å². The monoisotopic (exact) mass is 1150 g/mol. The van der Waals surface area contributed by atoms with Gasteiger partial charge in [0.2, 0.25) is 0 Å². The molecule has 7 rings (SSSR count). The fraction of sp³-hybridized carbons (Fsp3) is 0. The zero-order valence-electron chi connectivity index (χ0n) is 39.3. The number of aldehydes is 6. The molecule has 0 radical (unpaired) electrons. The first-order chi connectivity index (χ1) is 35.9. The molecule has 0 saturated carbocycles. The van der Waals surface area contributed by atoms with Crippen LogP contribution in [0.4, 0.5) is 34.1 Å². The van der Waals surface area contributed by atoms with Gasteiger partial charge in [-0.25, -0.2) is 0 Å². The van der Waals surface area contributed by atoms with Gasteiger partial charge in [0.1, 0.15) is 44.7 Å². The predicted octanol–water partition coefficient (Wildman–Crippen LogP) is 5.71. The van der Waals surface area contributed by atoms with Gasteiger partial charge in [-0.2, -0.15) is 33.7 Å². The number of hydrogen-bond donors (Lipinski definition) is 10. The number of nitrogen functional groups attached to an aromatic ring is 6. The molecule has 406 valence electrons. The molecular formula is C48H46N6O18S5. The smallest absolute Gasteiger partial charge is 0.296 e. The Morgan fingerprint density at radius 2 is 0.662 bits per heavy atom. The topological polar surface area (TPSA) is 476 Å². The van der Waals surface area contributed by atoms with Crippen molar-refractivity contribution in [1.29, 1.82) is 0 Å². The van der Waals surface area contributed by atoms with E-state index >= 15 is 0 Å². The number of hydrogen-bond acceptors (Lipinski definition) is 21. The lowest BCUT2D eigenvalue weighted by Crippen LogP contribution is -2.03. The van der Waals surface area contributed by atoms with Crippen molar-refractivity contribution in [3.8, 4) is 0 Å². The quantitative estimate of drug-likeness (QED) is 0.0303. The third-order valence-electron chi connectivity index (χ3n) is 8.97. The van der Waals surface area contributed by atoms with E-state index in [0.717, 1.165) is 49.4 Å². The van der Waals surface area contributed by atoms with Crippen molar-refractivity contribution in [2.75, 3.05) is 34.4 Å². The van der Waals surface area contributed by atoms with Gasteiger partial charge in [0.05, 0.1) is 21.1 Å². The summed E-state index contributed by atoms with van der Waals surface area (Å²) in [6.07, 6.45) is 6.92. The minimum Gasteiger partial charge on any atom is -0.399 e. The van der Waals surface area contributed by atoms with E-state index in [1.807, 2.05) is 0 Å². The number of anilines is 6. The van der Waals surface area contributed by atoms with E-state index in [4.69, 9.17) is 43.5 Å². The van der Waals surface area contributed by atoms with Gasteiger partial charge in [0, 0.05) is 45.0 Å². The van der Waals surface area contributed by atoms with Gasteiger partial charge in [-0.1, -0.05) is 66.7 Å². The molecule has 0 aliphatic carbocycles. The standard InChI is InChI=1S/C14H14N2O6S2.2C8H6O2.2C6H8N2O3S.C6H4O2S/c15-11-5-3-9(13(7-11)23(17,18)19)1-2-10-4-6-12(16)8-14(10)24(20,21)22;9-5-7-1-2-8(6-10)4-3-7;9-5-7-2-1-3-8(4-7)6-10;7-4-1-2-6(5(8)3-4)12(9,10)11;7-4-1-2-5(8)6(3-4)12(9,10)11;7-3-5-1-2-6(4-8)9-5/h1-8H,15-16H2,(H,17,18,19)(H,20,21,22);2*1-6H;2*1-3H,7-8H2,(H,9,10,11);1-4H/b2-1+;;;;;. The Labute approximate surface area is 444 Å². The minimum absolute atomic E-state index is 0.0216. The molecule has 0 unspecified atom stereocenters. The van der Waals surface area contributed by atoms with Crippen LogP contribution in [0.3, 0.4) is 0 Å². The van der Waals surface area contributed by atoms with Gasteiger partial charge in [0.15, 0.2) is 12.6 Å². The van der Waals surface area contributed by atoms with Gasteiger partial charge in [-0.15, -0.1) is 11.3 Å². The summed E-state index contributed by atoms with van der Waals surface area (Å²) in [4.78, 5) is 60.3. The fourth-order valence-corrected chi connectivity index (χ4v) is 8.76. The van der Waals surface area contributed by atoms with E-state index in [2.05, 4.69) is 0 Å². The number of nitrogens with two attached hydrogens (primary N) is 6. The van der Waals surface area contributed by atoms with Crippen LogP contribution >= 0.6 is 11.3 Å². The van der Waals surface area contributed by atoms with E-state index in [1.54, 1.807) is 60.7 Å². The zero-order chi connectivity index (χ0) is 58.3. The molecule has 0 saturated heterocycles. The van der Waals surface area contributed by atoms with Crippen LogP contribution in [-0.4, -0.2) is 89.6 Å². The second-order valence-electron chi connectivity index (χ2n) is 14.7. The average Bonchev–Trinajstić information content (AvgIpc) is 3.85. The van der Waals surface area contributed by atoms with Crippen molar-refractivity contribution < 1.29 is 80.6 Å². The molecule has 1 aromatic heterocycles. The van der Waals surface area contributed by atoms with Crippen molar-refractivity contribution in [1.82, 2.24) is 0 Å².